The summed E-state index contributed by atoms with van der Waals surface area (Å²) < 4.78 is 57.3. The van der Waals surface area contributed by atoms with Crippen molar-refractivity contribution in [2.45, 2.75) is 17.2 Å². The maximum absolute atomic E-state index is 12.2. The molecule has 0 bridgehead atoms. The second kappa shape index (κ2) is 9.08. The van der Waals surface area contributed by atoms with Gasteiger partial charge in [-0.15, -0.1) is 10.2 Å². The van der Waals surface area contributed by atoms with Gasteiger partial charge in [0.2, 0.25) is 5.89 Å². The van der Waals surface area contributed by atoms with Crippen molar-refractivity contribution in [1.29, 1.82) is 0 Å². The predicted octanol–water partition coefficient (Wildman–Crippen LogP) is 4.99. The first-order valence-corrected chi connectivity index (χ1v) is 9.33. The third-order valence-electron chi connectivity index (χ3n) is 3.73. The van der Waals surface area contributed by atoms with E-state index in [1.165, 1.54) is 31.0 Å². The molecule has 0 fully saturated rings. The summed E-state index contributed by atoms with van der Waals surface area (Å²) in [6.45, 7) is -1.32. The summed E-state index contributed by atoms with van der Waals surface area (Å²) in [6.07, 6.45) is -4.36. The SMILES string of the molecule is COc1ccc(-c2nnc(SCc3ccc(OCC(F)(F)F)cc3)o2)cc1OC. The van der Waals surface area contributed by atoms with Crippen LogP contribution in [-0.2, 0) is 5.75 Å². The Bertz CT molecular complexity index is 945. The van der Waals surface area contributed by atoms with Gasteiger partial charge in [-0.2, -0.15) is 13.2 Å². The van der Waals surface area contributed by atoms with Crippen LogP contribution in [0.4, 0.5) is 13.2 Å². The second-order valence-corrected chi connectivity index (χ2v) is 6.71. The van der Waals surface area contributed by atoms with Gasteiger partial charge in [0, 0.05) is 11.3 Å². The molecule has 0 amide bonds. The van der Waals surface area contributed by atoms with Crippen LogP contribution in [-0.4, -0.2) is 37.2 Å². The van der Waals surface area contributed by atoms with E-state index in [4.69, 9.17) is 13.9 Å². The minimum absolute atomic E-state index is 0.157. The molecule has 0 aliphatic carbocycles. The Kier molecular flexibility index (Phi) is 6.53. The molecule has 154 valence electrons. The zero-order valence-electron chi connectivity index (χ0n) is 15.5. The Balaban J connectivity index is 1.59. The molecule has 0 atom stereocenters. The van der Waals surface area contributed by atoms with E-state index in [1.54, 1.807) is 37.4 Å². The van der Waals surface area contributed by atoms with Crippen LogP contribution in [0.2, 0.25) is 0 Å². The minimum atomic E-state index is -4.36. The molecular weight excluding hydrogens is 409 g/mol. The molecular formula is C19H17F3N2O4S. The van der Waals surface area contributed by atoms with Crippen molar-refractivity contribution in [2.75, 3.05) is 20.8 Å². The number of nitrogens with zero attached hydrogens (tertiary/aromatic N) is 2. The first-order chi connectivity index (χ1) is 13.9. The lowest BCUT2D eigenvalue weighted by molar-refractivity contribution is -0.153. The Labute approximate surface area is 169 Å². The summed E-state index contributed by atoms with van der Waals surface area (Å²) in [7, 11) is 3.09. The van der Waals surface area contributed by atoms with Gasteiger partial charge in [-0.25, -0.2) is 0 Å². The largest absolute Gasteiger partial charge is 0.493 e. The van der Waals surface area contributed by atoms with Gasteiger partial charge < -0.3 is 18.6 Å². The van der Waals surface area contributed by atoms with Gasteiger partial charge in [0.1, 0.15) is 5.75 Å². The second-order valence-electron chi connectivity index (χ2n) is 5.78. The van der Waals surface area contributed by atoms with Crippen LogP contribution in [0.15, 0.2) is 52.1 Å². The number of halogens is 3. The van der Waals surface area contributed by atoms with Gasteiger partial charge in [-0.05, 0) is 35.9 Å². The van der Waals surface area contributed by atoms with Crippen LogP contribution in [0.25, 0.3) is 11.5 Å². The molecule has 0 N–H and O–H groups in total. The van der Waals surface area contributed by atoms with E-state index in [2.05, 4.69) is 14.9 Å². The highest BCUT2D eigenvalue weighted by Gasteiger charge is 2.28. The van der Waals surface area contributed by atoms with Crippen LogP contribution in [0.1, 0.15) is 5.56 Å². The molecule has 1 heterocycles. The Hall–Kier alpha value is -2.88. The van der Waals surface area contributed by atoms with E-state index in [-0.39, 0.29) is 5.75 Å². The van der Waals surface area contributed by atoms with Crippen LogP contribution in [0.3, 0.4) is 0 Å². The lowest BCUT2D eigenvalue weighted by Gasteiger charge is -2.09. The molecule has 3 aromatic rings. The van der Waals surface area contributed by atoms with Crippen LogP contribution in [0.5, 0.6) is 17.2 Å². The van der Waals surface area contributed by atoms with E-state index in [9.17, 15) is 13.2 Å². The molecule has 1 aromatic heterocycles. The molecule has 0 radical (unpaired) electrons. The average Bonchev–Trinajstić information content (AvgIpc) is 3.19. The zero-order valence-corrected chi connectivity index (χ0v) is 16.3. The van der Waals surface area contributed by atoms with Crippen molar-refractivity contribution in [2.24, 2.45) is 0 Å². The maximum atomic E-state index is 12.2. The molecule has 0 unspecified atom stereocenters. The van der Waals surface area contributed by atoms with E-state index in [0.717, 1.165) is 5.56 Å². The van der Waals surface area contributed by atoms with Crippen LogP contribution < -0.4 is 14.2 Å². The topological polar surface area (TPSA) is 66.6 Å². The van der Waals surface area contributed by atoms with Crippen molar-refractivity contribution in [3.63, 3.8) is 0 Å². The monoisotopic (exact) mass is 426 g/mol. The molecule has 2 aromatic carbocycles. The smallest absolute Gasteiger partial charge is 0.422 e. The maximum Gasteiger partial charge on any atom is 0.422 e. The number of hydrogen-bond donors (Lipinski definition) is 0. The summed E-state index contributed by atoms with van der Waals surface area (Å²) in [5.41, 5.74) is 1.56. The Morgan fingerprint density at radius 1 is 0.966 bits per heavy atom. The summed E-state index contributed by atoms with van der Waals surface area (Å²) in [5, 5.41) is 8.40. The standard InChI is InChI=1S/C19H17F3N2O4S/c1-25-15-8-5-13(9-16(15)26-2)17-23-24-18(28-17)29-10-12-3-6-14(7-4-12)27-11-19(20,21)22/h3-9H,10-11H2,1-2H3. The number of hydrogen-bond acceptors (Lipinski definition) is 7. The van der Waals surface area contributed by atoms with Crippen molar-refractivity contribution >= 4 is 11.8 Å². The van der Waals surface area contributed by atoms with Gasteiger partial charge >= 0.3 is 6.18 Å². The minimum Gasteiger partial charge on any atom is -0.493 e. The molecule has 0 spiro atoms. The van der Waals surface area contributed by atoms with Gasteiger partial charge in [0.25, 0.3) is 5.22 Å². The predicted molar refractivity (Wildman–Crippen MR) is 100 cm³/mol. The third-order valence-corrected chi connectivity index (χ3v) is 4.61. The quantitative estimate of drug-likeness (QED) is 0.470. The number of ether oxygens (including phenoxy) is 3. The zero-order chi connectivity index (χ0) is 20.9. The number of thioether (sulfide) groups is 1. The molecule has 0 aliphatic heterocycles. The highest BCUT2D eigenvalue weighted by atomic mass is 32.2. The molecule has 0 aliphatic rings. The molecule has 10 heteroatoms. The molecule has 0 saturated carbocycles. The fourth-order valence-electron chi connectivity index (χ4n) is 2.35. The van der Waals surface area contributed by atoms with E-state index in [1.807, 2.05) is 0 Å². The lowest BCUT2D eigenvalue weighted by atomic mass is 10.2. The number of rotatable bonds is 8. The highest BCUT2D eigenvalue weighted by molar-refractivity contribution is 7.98. The van der Waals surface area contributed by atoms with E-state index < -0.39 is 12.8 Å². The number of aromatic nitrogens is 2. The summed E-state index contributed by atoms with van der Waals surface area (Å²) >= 11 is 1.31. The van der Waals surface area contributed by atoms with Gasteiger partial charge in [0.15, 0.2) is 18.1 Å². The average molecular weight is 426 g/mol. The number of methoxy groups -OCH3 is 2. The molecule has 6 nitrogen and oxygen atoms in total. The fourth-order valence-corrected chi connectivity index (χ4v) is 3.07. The molecule has 29 heavy (non-hydrogen) atoms. The normalized spacial score (nSPS) is 11.3. The van der Waals surface area contributed by atoms with Crippen molar-refractivity contribution in [1.82, 2.24) is 10.2 Å². The van der Waals surface area contributed by atoms with Gasteiger partial charge in [-0.1, -0.05) is 23.9 Å². The number of alkyl halides is 3. The van der Waals surface area contributed by atoms with Crippen molar-refractivity contribution < 1.29 is 31.8 Å². The van der Waals surface area contributed by atoms with E-state index >= 15 is 0 Å². The fraction of sp³-hybridized carbons (Fsp3) is 0.263. The van der Waals surface area contributed by atoms with Gasteiger partial charge in [-0.3, -0.25) is 0 Å². The lowest BCUT2D eigenvalue weighted by Crippen LogP contribution is -2.19. The Morgan fingerprint density at radius 2 is 1.69 bits per heavy atom. The first-order valence-electron chi connectivity index (χ1n) is 8.35. The third kappa shape index (κ3) is 5.80. The van der Waals surface area contributed by atoms with Crippen molar-refractivity contribution in [3.8, 4) is 28.7 Å². The highest BCUT2D eigenvalue weighted by Crippen LogP contribution is 2.33. The first kappa shape index (κ1) is 20.8. The van der Waals surface area contributed by atoms with Crippen LogP contribution in [0, 0.1) is 0 Å². The molecule has 0 saturated heterocycles. The summed E-state index contributed by atoms with van der Waals surface area (Å²) in [6, 6.07) is 11.6. The summed E-state index contributed by atoms with van der Waals surface area (Å²) in [5.74, 6) is 2.14. The van der Waals surface area contributed by atoms with Crippen LogP contribution >= 0.6 is 11.8 Å². The van der Waals surface area contributed by atoms with Gasteiger partial charge in [0.05, 0.1) is 14.2 Å². The Morgan fingerprint density at radius 3 is 2.34 bits per heavy atom. The van der Waals surface area contributed by atoms with E-state index in [0.29, 0.717) is 33.9 Å². The van der Waals surface area contributed by atoms with Crippen molar-refractivity contribution in [3.05, 3.63) is 48.0 Å². The summed E-state index contributed by atoms with van der Waals surface area (Å²) in [4.78, 5) is 0. The molecule has 3 rings (SSSR count). The number of benzene rings is 2.